The highest BCUT2D eigenvalue weighted by Gasteiger charge is 2.12. The van der Waals surface area contributed by atoms with Crippen LogP contribution in [-0.2, 0) is 4.74 Å². The second-order valence-corrected chi connectivity index (χ2v) is 3.82. The number of halogens is 2. The summed E-state index contributed by atoms with van der Waals surface area (Å²) in [5.41, 5.74) is 0.605. The summed E-state index contributed by atoms with van der Waals surface area (Å²) in [4.78, 5) is 11.4. The maximum absolute atomic E-state index is 11.4. The van der Waals surface area contributed by atoms with E-state index in [1.165, 1.54) is 11.7 Å². The Morgan fingerprint density at radius 2 is 2.13 bits per heavy atom. The number of carbonyl (C=O) groups excluding carboxylic acids is 1. The topological polar surface area (TPSA) is 31.2 Å². The van der Waals surface area contributed by atoms with Crippen LogP contribution in [0.1, 0.15) is 0 Å². The standard InChI is InChI=1S/C10H7Cl2NO2/c1-15-10(14)13-3-2-6-4-7(11)5-8(12)9(6)13/h2-5H,1H3. The lowest BCUT2D eigenvalue weighted by atomic mass is 10.2. The molecule has 1 heterocycles. The molecular weight excluding hydrogens is 237 g/mol. The van der Waals surface area contributed by atoms with Gasteiger partial charge in [-0.25, -0.2) is 4.79 Å². The summed E-state index contributed by atoms with van der Waals surface area (Å²) in [5.74, 6) is 0. The Labute approximate surface area is 96.1 Å². The number of methoxy groups -OCH3 is 1. The lowest BCUT2D eigenvalue weighted by Crippen LogP contribution is -2.09. The number of ether oxygens (including phenoxy) is 1. The van der Waals surface area contributed by atoms with Gasteiger partial charge in [0.15, 0.2) is 0 Å². The zero-order valence-corrected chi connectivity index (χ0v) is 9.34. The third-order valence-electron chi connectivity index (χ3n) is 2.07. The van der Waals surface area contributed by atoms with E-state index in [0.29, 0.717) is 15.6 Å². The van der Waals surface area contributed by atoms with Crippen LogP contribution >= 0.6 is 23.2 Å². The normalized spacial score (nSPS) is 10.6. The minimum Gasteiger partial charge on any atom is -0.452 e. The van der Waals surface area contributed by atoms with Gasteiger partial charge in [-0.3, -0.25) is 4.57 Å². The number of aromatic nitrogens is 1. The van der Waals surface area contributed by atoms with Gasteiger partial charge in [0.1, 0.15) is 0 Å². The summed E-state index contributed by atoms with van der Waals surface area (Å²) in [5, 5.41) is 1.76. The predicted molar refractivity (Wildman–Crippen MR) is 59.8 cm³/mol. The number of nitrogens with zero attached hydrogens (tertiary/aromatic N) is 1. The van der Waals surface area contributed by atoms with Crippen molar-refractivity contribution in [3.05, 3.63) is 34.4 Å². The van der Waals surface area contributed by atoms with E-state index in [0.717, 1.165) is 5.39 Å². The first-order valence-corrected chi connectivity index (χ1v) is 4.93. The lowest BCUT2D eigenvalue weighted by molar-refractivity contribution is 0.174. The molecule has 1 aromatic heterocycles. The average molecular weight is 244 g/mol. The SMILES string of the molecule is COC(=O)n1ccc2cc(Cl)cc(Cl)c21. The van der Waals surface area contributed by atoms with Gasteiger partial charge in [0.2, 0.25) is 0 Å². The van der Waals surface area contributed by atoms with Crippen molar-refractivity contribution in [3.63, 3.8) is 0 Å². The number of rotatable bonds is 0. The van der Waals surface area contributed by atoms with Crippen LogP contribution in [0.15, 0.2) is 24.4 Å². The van der Waals surface area contributed by atoms with Crippen molar-refractivity contribution in [2.24, 2.45) is 0 Å². The van der Waals surface area contributed by atoms with E-state index in [4.69, 9.17) is 23.2 Å². The van der Waals surface area contributed by atoms with E-state index in [9.17, 15) is 4.79 Å². The van der Waals surface area contributed by atoms with Crippen LogP contribution in [-0.4, -0.2) is 17.8 Å². The van der Waals surface area contributed by atoms with Crippen LogP contribution in [0.5, 0.6) is 0 Å². The zero-order valence-electron chi connectivity index (χ0n) is 7.83. The Balaban J connectivity index is 2.74. The third kappa shape index (κ3) is 1.68. The van der Waals surface area contributed by atoms with Gasteiger partial charge in [0, 0.05) is 16.6 Å². The molecule has 78 valence electrons. The minimum absolute atomic E-state index is 0.424. The average Bonchev–Trinajstić information content (AvgIpc) is 2.60. The zero-order chi connectivity index (χ0) is 11.0. The molecule has 0 unspecified atom stereocenters. The maximum Gasteiger partial charge on any atom is 0.418 e. The van der Waals surface area contributed by atoms with Crippen molar-refractivity contribution in [2.75, 3.05) is 7.11 Å². The summed E-state index contributed by atoms with van der Waals surface area (Å²) in [6, 6.07) is 5.08. The quantitative estimate of drug-likeness (QED) is 0.709. The molecule has 1 aromatic carbocycles. The molecular formula is C10H7Cl2NO2. The van der Waals surface area contributed by atoms with Gasteiger partial charge in [-0.1, -0.05) is 23.2 Å². The van der Waals surface area contributed by atoms with Crippen molar-refractivity contribution >= 4 is 40.2 Å². The Kier molecular flexibility index (Phi) is 2.59. The maximum atomic E-state index is 11.4. The van der Waals surface area contributed by atoms with Gasteiger partial charge in [-0.2, -0.15) is 0 Å². The first-order valence-electron chi connectivity index (χ1n) is 4.18. The van der Waals surface area contributed by atoms with Crippen LogP contribution in [0.4, 0.5) is 4.79 Å². The number of benzene rings is 1. The fourth-order valence-electron chi connectivity index (χ4n) is 1.45. The van der Waals surface area contributed by atoms with E-state index >= 15 is 0 Å². The van der Waals surface area contributed by atoms with Crippen molar-refractivity contribution in [1.29, 1.82) is 0 Å². The smallest absolute Gasteiger partial charge is 0.418 e. The van der Waals surface area contributed by atoms with E-state index in [-0.39, 0.29) is 0 Å². The summed E-state index contributed by atoms with van der Waals surface area (Å²) >= 11 is 11.8. The van der Waals surface area contributed by atoms with Crippen molar-refractivity contribution in [2.45, 2.75) is 0 Å². The molecule has 0 fully saturated rings. The molecule has 2 rings (SSSR count). The summed E-state index contributed by atoms with van der Waals surface area (Å²) < 4.78 is 5.96. The van der Waals surface area contributed by atoms with Crippen molar-refractivity contribution < 1.29 is 9.53 Å². The van der Waals surface area contributed by atoms with Crippen LogP contribution in [0.2, 0.25) is 10.0 Å². The molecule has 0 bridgehead atoms. The number of hydrogen-bond acceptors (Lipinski definition) is 2. The van der Waals surface area contributed by atoms with Gasteiger partial charge in [0.05, 0.1) is 17.6 Å². The van der Waals surface area contributed by atoms with Gasteiger partial charge in [0.25, 0.3) is 0 Å². The van der Waals surface area contributed by atoms with Gasteiger partial charge >= 0.3 is 6.09 Å². The molecule has 3 nitrogen and oxygen atoms in total. The van der Waals surface area contributed by atoms with Gasteiger partial charge in [-0.15, -0.1) is 0 Å². The highest BCUT2D eigenvalue weighted by atomic mass is 35.5. The summed E-state index contributed by atoms with van der Waals surface area (Å²) in [6.45, 7) is 0. The summed E-state index contributed by atoms with van der Waals surface area (Å²) in [6.07, 6.45) is 1.12. The van der Waals surface area contributed by atoms with Gasteiger partial charge in [-0.05, 0) is 18.2 Å². The highest BCUT2D eigenvalue weighted by molar-refractivity contribution is 6.38. The Morgan fingerprint density at radius 1 is 1.40 bits per heavy atom. The van der Waals surface area contributed by atoms with Crippen LogP contribution < -0.4 is 0 Å². The van der Waals surface area contributed by atoms with E-state index in [1.807, 2.05) is 0 Å². The molecule has 0 aliphatic carbocycles. The molecule has 0 spiro atoms. The van der Waals surface area contributed by atoms with Crippen molar-refractivity contribution in [3.8, 4) is 0 Å². The molecule has 2 aromatic rings. The number of hydrogen-bond donors (Lipinski definition) is 0. The monoisotopic (exact) mass is 243 g/mol. The van der Waals surface area contributed by atoms with Crippen molar-refractivity contribution in [1.82, 2.24) is 4.57 Å². The van der Waals surface area contributed by atoms with Crippen LogP contribution in [0.3, 0.4) is 0 Å². The van der Waals surface area contributed by atoms with E-state index < -0.39 is 6.09 Å². The van der Waals surface area contributed by atoms with Gasteiger partial charge < -0.3 is 4.74 Å². The second-order valence-electron chi connectivity index (χ2n) is 2.98. The second kappa shape index (κ2) is 3.76. The molecule has 0 atom stereocenters. The molecule has 15 heavy (non-hydrogen) atoms. The molecule has 0 saturated heterocycles. The molecule has 5 heteroatoms. The molecule has 0 radical (unpaired) electrons. The molecule has 0 N–H and O–H groups in total. The van der Waals surface area contributed by atoms with E-state index in [2.05, 4.69) is 4.74 Å². The predicted octanol–water partition coefficient (Wildman–Crippen LogP) is 3.56. The fourth-order valence-corrected chi connectivity index (χ4v) is 2.05. The number of fused-ring (bicyclic) bond motifs is 1. The largest absolute Gasteiger partial charge is 0.452 e. The first kappa shape index (κ1) is 10.3. The molecule has 0 amide bonds. The lowest BCUT2D eigenvalue weighted by Gasteiger charge is -2.03. The molecule has 0 saturated carbocycles. The van der Waals surface area contributed by atoms with E-state index in [1.54, 1.807) is 24.4 Å². The Hall–Kier alpha value is -1.19. The Morgan fingerprint density at radius 3 is 2.80 bits per heavy atom. The highest BCUT2D eigenvalue weighted by Crippen LogP contribution is 2.28. The fraction of sp³-hybridized carbons (Fsp3) is 0.100. The van der Waals surface area contributed by atoms with Crippen LogP contribution in [0.25, 0.3) is 10.9 Å². The van der Waals surface area contributed by atoms with Crippen LogP contribution in [0, 0.1) is 0 Å². The minimum atomic E-state index is -0.478. The summed E-state index contributed by atoms with van der Waals surface area (Å²) in [7, 11) is 1.32. The first-order chi connectivity index (χ1) is 7.13. The molecule has 0 aliphatic heterocycles. The number of carbonyl (C=O) groups is 1. The Bertz CT molecular complexity index is 533. The molecule has 0 aliphatic rings. The third-order valence-corrected chi connectivity index (χ3v) is 2.58.